The fourth-order valence-corrected chi connectivity index (χ4v) is 1.34. The van der Waals surface area contributed by atoms with Crippen molar-refractivity contribution >= 4 is 5.69 Å². The van der Waals surface area contributed by atoms with Gasteiger partial charge in [0.1, 0.15) is 5.75 Å². The van der Waals surface area contributed by atoms with Gasteiger partial charge in [-0.15, -0.1) is 0 Å². The first-order chi connectivity index (χ1) is 7.87. The molecule has 1 atom stereocenters. The van der Waals surface area contributed by atoms with Crippen molar-refractivity contribution in [1.82, 2.24) is 5.32 Å². The zero-order valence-electron chi connectivity index (χ0n) is 11.3. The lowest BCUT2D eigenvalue weighted by Gasteiger charge is -2.23. The Balaban J connectivity index is 2.28. The van der Waals surface area contributed by atoms with Gasteiger partial charge < -0.3 is 15.8 Å². The van der Waals surface area contributed by atoms with Gasteiger partial charge in [-0.05, 0) is 45.0 Å². The Labute approximate surface area is 104 Å². The molecule has 0 amide bonds. The van der Waals surface area contributed by atoms with E-state index < -0.39 is 0 Å². The molecule has 1 rings (SSSR count). The maximum atomic E-state index is 5.69. The van der Waals surface area contributed by atoms with Crippen LogP contribution in [0.1, 0.15) is 27.7 Å². The molecule has 1 unspecified atom stereocenters. The monoisotopic (exact) mass is 236 g/mol. The Morgan fingerprint density at radius 3 is 2.35 bits per heavy atom. The van der Waals surface area contributed by atoms with E-state index in [1.807, 2.05) is 24.3 Å². The molecule has 1 aromatic carbocycles. The van der Waals surface area contributed by atoms with Gasteiger partial charge in [0.25, 0.3) is 0 Å². The van der Waals surface area contributed by atoms with Crippen molar-refractivity contribution in [2.24, 2.45) is 5.92 Å². The molecule has 0 aromatic heterocycles. The highest BCUT2D eigenvalue weighted by Gasteiger charge is 2.11. The fraction of sp³-hybridized carbons (Fsp3) is 0.571. The molecule has 0 bridgehead atoms. The summed E-state index contributed by atoms with van der Waals surface area (Å²) in [6.07, 6.45) is 0. The molecule has 0 aliphatic rings. The number of hydrogen-bond acceptors (Lipinski definition) is 3. The third-order valence-electron chi connectivity index (χ3n) is 2.40. The van der Waals surface area contributed by atoms with Crippen molar-refractivity contribution in [2.45, 2.75) is 33.2 Å². The molecular weight excluding hydrogens is 212 g/mol. The molecule has 96 valence electrons. The van der Waals surface area contributed by atoms with Crippen LogP contribution in [0.25, 0.3) is 0 Å². The van der Waals surface area contributed by atoms with Gasteiger partial charge in [0.05, 0.1) is 6.61 Å². The van der Waals surface area contributed by atoms with Crippen molar-refractivity contribution in [3.8, 4) is 5.75 Å². The highest BCUT2D eigenvalue weighted by molar-refractivity contribution is 5.41. The number of hydrogen-bond donors (Lipinski definition) is 2. The molecule has 0 spiro atoms. The van der Waals surface area contributed by atoms with E-state index in [-0.39, 0.29) is 5.54 Å². The minimum absolute atomic E-state index is 0.162. The first-order valence-corrected chi connectivity index (χ1v) is 6.10. The third kappa shape index (κ3) is 6.17. The van der Waals surface area contributed by atoms with Crippen molar-refractivity contribution in [1.29, 1.82) is 0 Å². The highest BCUT2D eigenvalue weighted by Crippen LogP contribution is 2.14. The highest BCUT2D eigenvalue weighted by atomic mass is 16.5. The molecule has 3 N–H and O–H groups in total. The van der Waals surface area contributed by atoms with Crippen LogP contribution in [-0.4, -0.2) is 18.7 Å². The van der Waals surface area contributed by atoms with Gasteiger partial charge in [-0.3, -0.25) is 0 Å². The van der Waals surface area contributed by atoms with Crippen LogP contribution in [0.5, 0.6) is 5.75 Å². The fourth-order valence-electron chi connectivity index (χ4n) is 1.34. The molecule has 0 fully saturated rings. The number of anilines is 1. The average molecular weight is 236 g/mol. The third-order valence-corrected chi connectivity index (χ3v) is 2.40. The van der Waals surface area contributed by atoms with Crippen molar-refractivity contribution in [3.05, 3.63) is 24.3 Å². The number of nitrogen functional groups attached to an aromatic ring is 1. The van der Waals surface area contributed by atoms with Gasteiger partial charge in [0, 0.05) is 23.7 Å². The zero-order chi connectivity index (χ0) is 12.9. The van der Waals surface area contributed by atoms with Crippen molar-refractivity contribution in [3.63, 3.8) is 0 Å². The summed E-state index contributed by atoms with van der Waals surface area (Å²) >= 11 is 0. The van der Waals surface area contributed by atoms with Crippen LogP contribution in [0.4, 0.5) is 5.69 Å². The quantitative estimate of drug-likeness (QED) is 0.773. The van der Waals surface area contributed by atoms with Crippen LogP contribution in [0.2, 0.25) is 0 Å². The van der Waals surface area contributed by atoms with Crippen LogP contribution in [0, 0.1) is 5.92 Å². The molecule has 1 aromatic rings. The maximum absolute atomic E-state index is 5.69. The second-order valence-electron chi connectivity index (χ2n) is 5.62. The molecule has 3 heteroatoms. The van der Waals surface area contributed by atoms with Crippen LogP contribution < -0.4 is 15.8 Å². The zero-order valence-corrected chi connectivity index (χ0v) is 11.3. The van der Waals surface area contributed by atoms with Crippen molar-refractivity contribution < 1.29 is 4.74 Å². The number of nitrogens with one attached hydrogen (secondary N) is 1. The number of ether oxygens (including phenoxy) is 1. The van der Waals surface area contributed by atoms with E-state index in [9.17, 15) is 0 Å². The summed E-state index contributed by atoms with van der Waals surface area (Å²) in [5.74, 6) is 1.36. The SMILES string of the molecule is CC(CNC(C)(C)C)COc1ccc(N)cc1. The first-order valence-electron chi connectivity index (χ1n) is 6.10. The Hall–Kier alpha value is -1.22. The van der Waals surface area contributed by atoms with Gasteiger partial charge in [-0.1, -0.05) is 6.92 Å². The lowest BCUT2D eigenvalue weighted by Crippen LogP contribution is -2.39. The van der Waals surface area contributed by atoms with Gasteiger partial charge in [-0.25, -0.2) is 0 Å². The summed E-state index contributed by atoms with van der Waals surface area (Å²) in [6, 6.07) is 7.51. The molecule has 3 nitrogen and oxygen atoms in total. The number of benzene rings is 1. The van der Waals surface area contributed by atoms with E-state index in [2.05, 4.69) is 33.0 Å². The largest absolute Gasteiger partial charge is 0.493 e. The number of nitrogens with two attached hydrogens (primary N) is 1. The minimum atomic E-state index is 0.162. The van der Waals surface area contributed by atoms with Crippen molar-refractivity contribution in [2.75, 3.05) is 18.9 Å². The normalized spacial score (nSPS) is 13.4. The summed E-state index contributed by atoms with van der Waals surface area (Å²) in [5, 5.41) is 3.47. The first kappa shape index (κ1) is 13.8. The average Bonchev–Trinajstić information content (AvgIpc) is 2.25. The molecule has 0 aliphatic carbocycles. The Morgan fingerprint density at radius 2 is 1.82 bits per heavy atom. The summed E-state index contributed by atoms with van der Waals surface area (Å²) < 4.78 is 5.69. The van der Waals surface area contributed by atoms with Gasteiger partial charge in [-0.2, -0.15) is 0 Å². The molecule has 0 aliphatic heterocycles. The predicted molar refractivity (Wildman–Crippen MR) is 73.3 cm³/mol. The molecular formula is C14H24N2O. The lowest BCUT2D eigenvalue weighted by atomic mass is 10.1. The second kappa shape index (κ2) is 5.92. The number of rotatable bonds is 5. The smallest absolute Gasteiger partial charge is 0.119 e. The molecule has 17 heavy (non-hydrogen) atoms. The molecule has 0 heterocycles. The summed E-state index contributed by atoms with van der Waals surface area (Å²) in [4.78, 5) is 0. The second-order valence-corrected chi connectivity index (χ2v) is 5.62. The molecule has 0 saturated heterocycles. The summed E-state index contributed by atoms with van der Waals surface area (Å²) in [7, 11) is 0. The lowest BCUT2D eigenvalue weighted by molar-refractivity contribution is 0.244. The Morgan fingerprint density at radius 1 is 1.24 bits per heavy atom. The van der Waals surface area contributed by atoms with E-state index in [1.165, 1.54) is 0 Å². The molecule has 0 saturated carbocycles. The van der Waals surface area contributed by atoms with E-state index in [1.54, 1.807) is 0 Å². The van der Waals surface area contributed by atoms with Gasteiger partial charge in [0.2, 0.25) is 0 Å². The van der Waals surface area contributed by atoms with E-state index >= 15 is 0 Å². The van der Waals surface area contributed by atoms with E-state index in [4.69, 9.17) is 10.5 Å². The van der Waals surface area contributed by atoms with Crippen LogP contribution in [-0.2, 0) is 0 Å². The van der Waals surface area contributed by atoms with Crippen LogP contribution in [0.15, 0.2) is 24.3 Å². The van der Waals surface area contributed by atoms with E-state index in [0.717, 1.165) is 18.0 Å². The molecule has 0 radical (unpaired) electrons. The Kier molecular flexibility index (Phi) is 4.82. The predicted octanol–water partition coefficient (Wildman–Crippen LogP) is 2.67. The van der Waals surface area contributed by atoms with Crippen LogP contribution >= 0.6 is 0 Å². The maximum Gasteiger partial charge on any atom is 0.119 e. The van der Waals surface area contributed by atoms with Crippen LogP contribution in [0.3, 0.4) is 0 Å². The van der Waals surface area contributed by atoms with Gasteiger partial charge >= 0.3 is 0 Å². The standard InChI is InChI=1S/C14H24N2O/c1-11(9-16-14(2,3)4)10-17-13-7-5-12(15)6-8-13/h5-8,11,16H,9-10,15H2,1-4H3. The summed E-state index contributed by atoms with van der Waals surface area (Å²) in [6.45, 7) is 10.4. The summed E-state index contributed by atoms with van der Waals surface area (Å²) in [5.41, 5.74) is 6.54. The minimum Gasteiger partial charge on any atom is -0.493 e. The topological polar surface area (TPSA) is 47.3 Å². The van der Waals surface area contributed by atoms with Gasteiger partial charge in [0.15, 0.2) is 0 Å². The van der Waals surface area contributed by atoms with E-state index in [0.29, 0.717) is 12.5 Å². The Bertz CT molecular complexity index is 327.